The van der Waals surface area contributed by atoms with Crippen molar-refractivity contribution >= 4 is 34.7 Å². The minimum absolute atomic E-state index is 0.328. The minimum atomic E-state index is 0.328. The van der Waals surface area contributed by atoms with Gasteiger partial charge in [0.15, 0.2) is 6.61 Å². The average molecular weight is 352 g/mol. The second-order valence-corrected chi connectivity index (χ2v) is 7.81. The molecule has 0 saturated carbocycles. The van der Waals surface area contributed by atoms with Gasteiger partial charge >= 0.3 is 0 Å². The summed E-state index contributed by atoms with van der Waals surface area (Å²) in [4.78, 5) is 3.45. The molecule has 4 nitrogen and oxygen atoms in total. The lowest BCUT2D eigenvalue weighted by molar-refractivity contribution is 0.323. The number of hydrogen-bond acceptors (Lipinski definition) is 6. The summed E-state index contributed by atoms with van der Waals surface area (Å²) in [5.74, 6) is 7.92. The molecule has 0 N–H and O–H groups in total. The zero-order valence-electron chi connectivity index (χ0n) is 11.8. The number of fused-ring (bicyclic) bond motifs is 2. The third kappa shape index (κ3) is 2.86. The Hall–Kier alpha value is -1.13. The lowest BCUT2D eigenvalue weighted by atomic mass is 9.90. The van der Waals surface area contributed by atoms with E-state index in [9.17, 15) is 0 Å². The maximum Gasteiger partial charge on any atom is 0.250 e. The first kappa shape index (κ1) is 14.5. The number of ether oxygens (including phenoxy) is 1. The van der Waals surface area contributed by atoms with E-state index < -0.39 is 0 Å². The summed E-state index contributed by atoms with van der Waals surface area (Å²) >= 11 is 8.58. The number of thiophene rings is 1. The van der Waals surface area contributed by atoms with E-state index in [0.717, 1.165) is 21.5 Å². The van der Waals surface area contributed by atoms with Crippen molar-refractivity contribution in [3.05, 3.63) is 27.0 Å². The molecule has 2 bridgehead atoms. The van der Waals surface area contributed by atoms with Crippen LogP contribution in [0.3, 0.4) is 0 Å². The fourth-order valence-corrected chi connectivity index (χ4v) is 4.70. The number of rotatable bonds is 3. The van der Waals surface area contributed by atoms with Gasteiger partial charge in [0.2, 0.25) is 5.88 Å². The molecule has 3 atom stereocenters. The highest BCUT2D eigenvalue weighted by molar-refractivity contribution is 7.16. The van der Waals surface area contributed by atoms with Crippen LogP contribution in [0.15, 0.2) is 12.1 Å². The van der Waals surface area contributed by atoms with Gasteiger partial charge < -0.3 is 9.64 Å². The van der Waals surface area contributed by atoms with Gasteiger partial charge in [0.05, 0.1) is 20.9 Å². The van der Waals surface area contributed by atoms with Gasteiger partial charge in [0.1, 0.15) is 5.69 Å². The fourth-order valence-electron chi connectivity index (χ4n) is 3.22. The number of piperidine rings is 1. The molecule has 4 rings (SSSR count). The lowest BCUT2D eigenvalue weighted by Gasteiger charge is -2.20. The van der Waals surface area contributed by atoms with E-state index in [0.29, 0.717) is 24.3 Å². The molecule has 2 aliphatic rings. The highest BCUT2D eigenvalue weighted by Gasteiger charge is 2.41. The molecule has 0 aliphatic carbocycles. The minimum Gasteiger partial charge on any atom is -0.463 e. The number of nitrogens with zero attached hydrogens (tertiary/aromatic N) is 3. The standard InChI is InChI=1S/C15H14ClN3OS2/c16-13-4-3-11(21-13)2-1-7-20-15-14(17-22-18-15)12-9-19-6-5-10(12)8-19/h3-4,10,12H,5-9H2. The topological polar surface area (TPSA) is 38.3 Å². The highest BCUT2D eigenvalue weighted by Crippen LogP contribution is 2.41. The van der Waals surface area contributed by atoms with Crippen LogP contribution in [-0.4, -0.2) is 39.9 Å². The first-order valence-corrected chi connectivity index (χ1v) is 9.14. The molecule has 2 fully saturated rings. The van der Waals surface area contributed by atoms with Crippen molar-refractivity contribution in [3.63, 3.8) is 0 Å². The van der Waals surface area contributed by atoms with Crippen LogP contribution in [0.25, 0.3) is 0 Å². The first-order chi connectivity index (χ1) is 10.8. The second-order valence-electron chi connectivity index (χ2n) is 5.56. The van der Waals surface area contributed by atoms with Crippen LogP contribution in [0.4, 0.5) is 0 Å². The van der Waals surface area contributed by atoms with E-state index >= 15 is 0 Å². The first-order valence-electron chi connectivity index (χ1n) is 7.21. The van der Waals surface area contributed by atoms with Crippen LogP contribution in [0.5, 0.6) is 5.88 Å². The summed E-state index contributed by atoms with van der Waals surface area (Å²) in [5, 5.41) is 0. The third-order valence-electron chi connectivity index (χ3n) is 4.23. The Bertz CT molecular complexity index is 732. The van der Waals surface area contributed by atoms with Gasteiger partial charge in [-0.3, -0.25) is 0 Å². The van der Waals surface area contributed by atoms with Gasteiger partial charge in [-0.05, 0) is 31.0 Å². The highest BCUT2D eigenvalue weighted by atomic mass is 35.5. The van der Waals surface area contributed by atoms with Crippen molar-refractivity contribution in [2.75, 3.05) is 26.2 Å². The van der Waals surface area contributed by atoms with Crippen LogP contribution in [-0.2, 0) is 0 Å². The zero-order valence-corrected chi connectivity index (χ0v) is 14.2. The Balaban J connectivity index is 1.40. The van der Waals surface area contributed by atoms with Gasteiger partial charge in [0, 0.05) is 19.0 Å². The molecular formula is C15H14ClN3OS2. The van der Waals surface area contributed by atoms with Gasteiger partial charge in [-0.1, -0.05) is 23.4 Å². The summed E-state index contributed by atoms with van der Waals surface area (Å²) in [6.45, 7) is 3.84. The van der Waals surface area contributed by atoms with Crippen molar-refractivity contribution in [2.45, 2.75) is 12.3 Å². The quantitative estimate of drug-likeness (QED) is 0.796. The van der Waals surface area contributed by atoms with Crippen molar-refractivity contribution in [3.8, 4) is 17.7 Å². The Morgan fingerprint density at radius 1 is 1.36 bits per heavy atom. The largest absolute Gasteiger partial charge is 0.463 e. The normalized spacial score (nSPS) is 26.0. The van der Waals surface area contributed by atoms with Crippen molar-refractivity contribution in [1.29, 1.82) is 0 Å². The molecule has 0 spiro atoms. The molecule has 0 radical (unpaired) electrons. The maximum atomic E-state index is 5.88. The predicted molar refractivity (Wildman–Crippen MR) is 88.9 cm³/mol. The van der Waals surface area contributed by atoms with Crippen LogP contribution in [0.2, 0.25) is 4.34 Å². The molecule has 4 heterocycles. The molecular weight excluding hydrogens is 338 g/mol. The van der Waals surface area contributed by atoms with E-state index in [1.165, 1.54) is 42.6 Å². The number of aromatic nitrogens is 2. The molecule has 22 heavy (non-hydrogen) atoms. The Morgan fingerprint density at radius 3 is 3.05 bits per heavy atom. The Labute approximate surface area is 142 Å². The van der Waals surface area contributed by atoms with Crippen molar-refractivity contribution in [2.24, 2.45) is 5.92 Å². The van der Waals surface area contributed by atoms with E-state index in [1.807, 2.05) is 12.1 Å². The van der Waals surface area contributed by atoms with Crippen LogP contribution < -0.4 is 4.74 Å². The molecule has 2 saturated heterocycles. The Kier molecular flexibility index (Phi) is 4.05. The van der Waals surface area contributed by atoms with Gasteiger partial charge in [-0.15, -0.1) is 15.7 Å². The molecule has 114 valence electrons. The Morgan fingerprint density at radius 2 is 2.32 bits per heavy atom. The zero-order chi connectivity index (χ0) is 14.9. The summed E-state index contributed by atoms with van der Waals surface area (Å²) in [6, 6.07) is 3.77. The van der Waals surface area contributed by atoms with Gasteiger partial charge in [0.25, 0.3) is 0 Å². The molecule has 0 aromatic carbocycles. The van der Waals surface area contributed by atoms with E-state index in [2.05, 4.69) is 25.5 Å². The van der Waals surface area contributed by atoms with Crippen molar-refractivity contribution in [1.82, 2.24) is 13.6 Å². The van der Waals surface area contributed by atoms with Gasteiger partial charge in [-0.2, -0.15) is 4.37 Å². The molecule has 3 unspecified atom stereocenters. The maximum absolute atomic E-state index is 5.88. The predicted octanol–water partition coefficient (Wildman–Crippen LogP) is 3.10. The SMILES string of the molecule is Clc1ccc(C#CCOc2nsnc2C2CN3CCC2C3)s1. The average Bonchev–Trinajstić information content (AvgIpc) is 3.28. The molecule has 2 aromatic heterocycles. The van der Waals surface area contributed by atoms with Crippen LogP contribution in [0.1, 0.15) is 22.9 Å². The van der Waals surface area contributed by atoms with Crippen molar-refractivity contribution < 1.29 is 4.74 Å². The van der Waals surface area contributed by atoms with Gasteiger partial charge in [-0.25, -0.2) is 0 Å². The fraction of sp³-hybridized carbons (Fsp3) is 0.467. The van der Waals surface area contributed by atoms with E-state index in [4.69, 9.17) is 16.3 Å². The molecule has 2 aliphatic heterocycles. The summed E-state index contributed by atoms with van der Waals surface area (Å²) in [5.41, 5.74) is 1.03. The molecule has 2 aromatic rings. The summed E-state index contributed by atoms with van der Waals surface area (Å²) in [6.07, 6.45) is 1.26. The smallest absolute Gasteiger partial charge is 0.250 e. The molecule has 7 heteroatoms. The lowest BCUT2D eigenvalue weighted by Crippen LogP contribution is -2.22. The second kappa shape index (κ2) is 6.17. The summed E-state index contributed by atoms with van der Waals surface area (Å²) in [7, 11) is 0. The number of halogens is 1. The van der Waals surface area contributed by atoms with E-state index in [-0.39, 0.29) is 0 Å². The third-order valence-corrected chi connectivity index (χ3v) is 5.90. The van der Waals surface area contributed by atoms with Crippen LogP contribution >= 0.6 is 34.7 Å². The molecule has 0 amide bonds. The van der Waals surface area contributed by atoms with Crippen LogP contribution in [0, 0.1) is 17.8 Å². The monoisotopic (exact) mass is 351 g/mol. The number of hydrogen-bond donors (Lipinski definition) is 0. The summed E-state index contributed by atoms with van der Waals surface area (Å²) < 4.78 is 15.3. The van der Waals surface area contributed by atoms with E-state index in [1.54, 1.807) is 0 Å².